The summed E-state index contributed by atoms with van der Waals surface area (Å²) in [6.07, 6.45) is 3.46. The minimum Gasteiger partial charge on any atom is -0.371 e. The summed E-state index contributed by atoms with van der Waals surface area (Å²) in [7, 11) is 0. The van der Waals surface area contributed by atoms with Crippen molar-refractivity contribution in [2.24, 2.45) is 0 Å². The molecule has 2 heterocycles. The van der Waals surface area contributed by atoms with Gasteiger partial charge in [0.1, 0.15) is 5.82 Å². The van der Waals surface area contributed by atoms with E-state index in [-0.39, 0.29) is 11.8 Å². The number of amides is 2. The van der Waals surface area contributed by atoms with Crippen LogP contribution >= 0.6 is 0 Å². The van der Waals surface area contributed by atoms with Crippen molar-refractivity contribution in [1.29, 1.82) is 0 Å². The zero-order valence-electron chi connectivity index (χ0n) is 15.2. The zero-order chi connectivity index (χ0) is 18.5. The molecule has 6 nitrogen and oxygen atoms in total. The van der Waals surface area contributed by atoms with E-state index in [1.54, 1.807) is 12.1 Å². The molecule has 0 aliphatic carbocycles. The molecule has 6 heteroatoms. The average Bonchev–Trinajstić information content (AvgIpc) is 2.62. The van der Waals surface area contributed by atoms with Gasteiger partial charge in [-0.25, -0.2) is 4.98 Å². The molecule has 26 heavy (non-hydrogen) atoms. The van der Waals surface area contributed by atoms with Crippen molar-refractivity contribution >= 4 is 29.0 Å². The topological polar surface area (TPSA) is 74.3 Å². The number of benzene rings is 1. The molecular formula is C20H24N4O2. The number of nitrogens with zero attached hydrogens (tertiary/aromatic N) is 2. The molecule has 1 aromatic carbocycles. The Labute approximate surface area is 153 Å². The van der Waals surface area contributed by atoms with Crippen LogP contribution in [0.25, 0.3) is 0 Å². The Morgan fingerprint density at radius 1 is 1.04 bits per heavy atom. The van der Waals surface area contributed by atoms with Crippen molar-refractivity contribution in [3.05, 3.63) is 47.7 Å². The lowest BCUT2D eigenvalue weighted by atomic mass is 10.1. The second kappa shape index (κ2) is 7.99. The Morgan fingerprint density at radius 2 is 1.81 bits per heavy atom. The van der Waals surface area contributed by atoms with Crippen LogP contribution in [0.15, 0.2) is 36.4 Å². The fraction of sp³-hybridized carbons (Fsp3) is 0.350. The molecule has 0 unspecified atom stereocenters. The Balaban J connectivity index is 1.92. The number of carbonyl (C=O) groups excluding carboxylic acids is 2. The second-order valence-electron chi connectivity index (χ2n) is 6.58. The lowest BCUT2D eigenvalue weighted by Crippen LogP contribution is -2.31. The predicted molar refractivity (Wildman–Crippen MR) is 104 cm³/mol. The number of aryl methyl sites for hydroxylation is 1. The van der Waals surface area contributed by atoms with Crippen molar-refractivity contribution in [1.82, 2.24) is 4.98 Å². The first-order chi connectivity index (χ1) is 12.5. The van der Waals surface area contributed by atoms with Crippen LogP contribution in [0.5, 0.6) is 0 Å². The molecule has 1 fully saturated rings. The van der Waals surface area contributed by atoms with E-state index in [0.717, 1.165) is 37.3 Å². The standard InChI is InChI=1S/C20H24N4O2/c1-14-7-6-8-19(21-14)23-20(26)17-13-16(22-15(2)25)9-10-18(17)24-11-4-3-5-12-24/h6-10,13H,3-5,11-12H2,1-2H3,(H,22,25)(H,21,23,26). The summed E-state index contributed by atoms with van der Waals surface area (Å²) >= 11 is 0. The highest BCUT2D eigenvalue weighted by atomic mass is 16.2. The first kappa shape index (κ1) is 17.9. The average molecular weight is 352 g/mol. The van der Waals surface area contributed by atoms with Crippen LogP contribution < -0.4 is 15.5 Å². The molecule has 0 saturated carbocycles. The fourth-order valence-electron chi connectivity index (χ4n) is 3.21. The molecule has 2 N–H and O–H groups in total. The van der Waals surface area contributed by atoms with Crippen molar-refractivity contribution in [3.8, 4) is 0 Å². The highest BCUT2D eigenvalue weighted by Crippen LogP contribution is 2.28. The van der Waals surface area contributed by atoms with E-state index in [9.17, 15) is 9.59 Å². The number of piperidine rings is 1. The molecule has 2 aromatic rings. The number of aromatic nitrogens is 1. The van der Waals surface area contributed by atoms with Crippen LogP contribution in [0.2, 0.25) is 0 Å². The van der Waals surface area contributed by atoms with Crippen LogP contribution in [0, 0.1) is 6.92 Å². The Morgan fingerprint density at radius 3 is 2.50 bits per heavy atom. The van der Waals surface area contributed by atoms with Crippen LogP contribution in [0.4, 0.5) is 17.2 Å². The lowest BCUT2D eigenvalue weighted by molar-refractivity contribution is -0.114. The fourth-order valence-corrected chi connectivity index (χ4v) is 3.21. The first-order valence-corrected chi connectivity index (χ1v) is 8.94. The molecule has 0 bridgehead atoms. The number of hydrogen-bond donors (Lipinski definition) is 2. The molecule has 136 valence electrons. The van der Waals surface area contributed by atoms with Gasteiger partial charge in [-0.3, -0.25) is 9.59 Å². The van der Waals surface area contributed by atoms with Crippen LogP contribution in [0.3, 0.4) is 0 Å². The minimum absolute atomic E-state index is 0.164. The van der Waals surface area contributed by atoms with Gasteiger partial charge in [-0.05, 0) is 56.5 Å². The highest BCUT2D eigenvalue weighted by molar-refractivity contribution is 6.09. The van der Waals surface area contributed by atoms with E-state index < -0.39 is 0 Å². The molecule has 1 aliphatic heterocycles. The summed E-state index contributed by atoms with van der Waals surface area (Å²) in [5.41, 5.74) is 2.89. The molecule has 1 aromatic heterocycles. The summed E-state index contributed by atoms with van der Waals surface area (Å²) in [6, 6.07) is 11.0. The molecule has 0 radical (unpaired) electrons. The van der Waals surface area contributed by atoms with E-state index in [4.69, 9.17) is 0 Å². The number of anilines is 3. The number of carbonyl (C=O) groups is 2. The Kier molecular flexibility index (Phi) is 5.51. The van der Waals surface area contributed by atoms with Gasteiger partial charge in [-0.2, -0.15) is 0 Å². The monoisotopic (exact) mass is 352 g/mol. The van der Waals surface area contributed by atoms with Gasteiger partial charge in [0.15, 0.2) is 0 Å². The van der Waals surface area contributed by atoms with Gasteiger partial charge in [0, 0.05) is 37.1 Å². The number of hydrogen-bond acceptors (Lipinski definition) is 4. The normalized spacial score (nSPS) is 14.0. The van der Waals surface area contributed by atoms with Crippen LogP contribution in [-0.4, -0.2) is 29.9 Å². The first-order valence-electron chi connectivity index (χ1n) is 8.94. The van der Waals surface area contributed by atoms with E-state index >= 15 is 0 Å². The van der Waals surface area contributed by atoms with Crippen molar-refractivity contribution in [3.63, 3.8) is 0 Å². The molecule has 2 amide bonds. The Bertz CT molecular complexity index is 813. The third-order valence-electron chi connectivity index (χ3n) is 4.39. The summed E-state index contributed by atoms with van der Waals surface area (Å²) in [4.78, 5) is 30.9. The quantitative estimate of drug-likeness (QED) is 0.882. The molecule has 1 aliphatic rings. The van der Waals surface area contributed by atoms with E-state index in [2.05, 4.69) is 20.5 Å². The van der Waals surface area contributed by atoms with E-state index in [0.29, 0.717) is 17.1 Å². The molecule has 3 rings (SSSR count). The van der Waals surface area contributed by atoms with E-state index in [1.165, 1.54) is 13.3 Å². The highest BCUT2D eigenvalue weighted by Gasteiger charge is 2.20. The maximum absolute atomic E-state index is 12.9. The largest absolute Gasteiger partial charge is 0.371 e. The van der Waals surface area contributed by atoms with Crippen molar-refractivity contribution in [2.75, 3.05) is 28.6 Å². The lowest BCUT2D eigenvalue weighted by Gasteiger charge is -2.30. The van der Waals surface area contributed by atoms with Gasteiger partial charge < -0.3 is 15.5 Å². The maximum Gasteiger partial charge on any atom is 0.258 e. The molecule has 0 spiro atoms. The molecular weight excluding hydrogens is 328 g/mol. The molecule has 0 atom stereocenters. The number of nitrogens with one attached hydrogen (secondary N) is 2. The predicted octanol–water partition coefficient (Wildman–Crippen LogP) is 3.59. The summed E-state index contributed by atoms with van der Waals surface area (Å²) in [5, 5.41) is 5.62. The zero-order valence-corrected chi connectivity index (χ0v) is 15.2. The van der Waals surface area contributed by atoms with Gasteiger partial charge in [0.05, 0.1) is 5.56 Å². The smallest absolute Gasteiger partial charge is 0.258 e. The third kappa shape index (κ3) is 4.39. The van der Waals surface area contributed by atoms with Crippen LogP contribution in [0.1, 0.15) is 42.2 Å². The van der Waals surface area contributed by atoms with Crippen molar-refractivity contribution in [2.45, 2.75) is 33.1 Å². The maximum atomic E-state index is 12.9. The van der Waals surface area contributed by atoms with Gasteiger partial charge in [-0.1, -0.05) is 6.07 Å². The second-order valence-corrected chi connectivity index (χ2v) is 6.58. The van der Waals surface area contributed by atoms with E-state index in [1.807, 2.05) is 31.2 Å². The van der Waals surface area contributed by atoms with Gasteiger partial charge >= 0.3 is 0 Å². The Hall–Kier alpha value is -2.89. The van der Waals surface area contributed by atoms with Crippen LogP contribution in [-0.2, 0) is 4.79 Å². The van der Waals surface area contributed by atoms with Gasteiger partial charge in [-0.15, -0.1) is 0 Å². The van der Waals surface area contributed by atoms with Gasteiger partial charge in [0.25, 0.3) is 5.91 Å². The molecule has 1 saturated heterocycles. The summed E-state index contributed by atoms with van der Waals surface area (Å²) in [5.74, 6) is 0.128. The number of rotatable bonds is 4. The summed E-state index contributed by atoms with van der Waals surface area (Å²) in [6.45, 7) is 5.20. The minimum atomic E-state index is -0.226. The van der Waals surface area contributed by atoms with Crippen molar-refractivity contribution < 1.29 is 9.59 Å². The van der Waals surface area contributed by atoms with Gasteiger partial charge in [0.2, 0.25) is 5.91 Å². The third-order valence-corrected chi connectivity index (χ3v) is 4.39. The SMILES string of the molecule is CC(=O)Nc1ccc(N2CCCCC2)c(C(=O)Nc2cccc(C)n2)c1. The summed E-state index contributed by atoms with van der Waals surface area (Å²) < 4.78 is 0. The number of pyridine rings is 1.